The lowest BCUT2D eigenvalue weighted by atomic mass is 9.95. The largest absolute Gasteiger partial charge is 0.497 e. The average molecular weight is 394 g/mol. The first-order valence-electron chi connectivity index (χ1n) is 9.72. The highest BCUT2D eigenvalue weighted by molar-refractivity contribution is 5.86. The molecule has 6 heteroatoms. The Morgan fingerprint density at radius 2 is 1.83 bits per heavy atom. The number of benzene rings is 2. The minimum Gasteiger partial charge on any atom is -0.497 e. The lowest BCUT2D eigenvalue weighted by molar-refractivity contribution is -0.120. The fraction of sp³-hybridized carbons (Fsp3) is 0.348. The quantitative estimate of drug-likeness (QED) is 0.613. The maximum absolute atomic E-state index is 12.6. The molecule has 2 aromatic carbocycles. The van der Waals surface area contributed by atoms with Gasteiger partial charge in [-0.1, -0.05) is 6.07 Å². The Morgan fingerprint density at radius 1 is 1.03 bits per heavy atom. The van der Waals surface area contributed by atoms with Crippen molar-refractivity contribution >= 4 is 16.8 Å². The Kier molecular flexibility index (Phi) is 5.09. The molecule has 29 heavy (non-hydrogen) atoms. The lowest BCUT2D eigenvalue weighted by Crippen LogP contribution is -2.33. The van der Waals surface area contributed by atoms with Crippen molar-refractivity contribution in [3.63, 3.8) is 0 Å². The van der Waals surface area contributed by atoms with Crippen LogP contribution in [0.2, 0.25) is 0 Å². The molecule has 6 nitrogen and oxygen atoms in total. The Balaban J connectivity index is 1.44. The van der Waals surface area contributed by atoms with Gasteiger partial charge in [0.25, 0.3) is 0 Å². The van der Waals surface area contributed by atoms with E-state index in [2.05, 4.69) is 22.6 Å². The van der Waals surface area contributed by atoms with Crippen molar-refractivity contribution in [2.75, 3.05) is 27.9 Å². The van der Waals surface area contributed by atoms with Gasteiger partial charge in [0.05, 0.1) is 27.8 Å². The Morgan fingerprint density at radius 3 is 2.52 bits per heavy atom. The molecule has 0 spiro atoms. The van der Waals surface area contributed by atoms with E-state index in [0.29, 0.717) is 24.5 Å². The first-order chi connectivity index (χ1) is 14.1. The summed E-state index contributed by atoms with van der Waals surface area (Å²) in [7, 11) is 4.86. The summed E-state index contributed by atoms with van der Waals surface area (Å²) in [5.74, 6) is 2.13. The van der Waals surface area contributed by atoms with Crippen molar-refractivity contribution in [2.45, 2.75) is 24.7 Å². The third-order valence-corrected chi connectivity index (χ3v) is 5.75. The first kappa shape index (κ1) is 19.2. The summed E-state index contributed by atoms with van der Waals surface area (Å²) in [4.78, 5) is 15.9. The van der Waals surface area contributed by atoms with Crippen molar-refractivity contribution < 1.29 is 19.0 Å². The molecule has 1 heterocycles. The molecule has 0 unspecified atom stereocenters. The maximum Gasteiger partial charge on any atom is 0.224 e. The minimum absolute atomic E-state index is 0.000849. The van der Waals surface area contributed by atoms with E-state index in [1.54, 1.807) is 21.3 Å². The van der Waals surface area contributed by atoms with Gasteiger partial charge in [0.2, 0.25) is 5.91 Å². The van der Waals surface area contributed by atoms with Crippen molar-refractivity contribution in [1.29, 1.82) is 0 Å². The zero-order valence-corrected chi connectivity index (χ0v) is 17.0. The summed E-state index contributed by atoms with van der Waals surface area (Å²) in [6.45, 7) is 0.628. The van der Waals surface area contributed by atoms with Crippen LogP contribution in [0.5, 0.6) is 17.2 Å². The highest BCUT2D eigenvalue weighted by Gasteiger charge is 2.45. The number of rotatable bonds is 8. The maximum atomic E-state index is 12.6. The molecule has 1 amide bonds. The van der Waals surface area contributed by atoms with Crippen LogP contribution in [0, 0.1) is 0 Å². The zero-order chi connectivity index (χ0) is 20.4. The van der Waals surface area contributed by atoms with Crippen LogP contribution in [0.15, 0.2) is 42.6 Å². The summed E-state index contributed by atoms with van der Waals surface area (Å²) in [6, 6.07) is 11.6. The van der Waals surface area contributed by atoms with Gasteiger partial charge in [0, 0.05) is 29.1 Å². The Labute approximate surface area is 170 Å². The highest BCUT2D eigenvalue weighted by atomic mass is 16.5. The van der Waals surface area contributed by atoms with Crippen LogP contribution in [0.25, 0.3) is 10.9 Å². The van der Waals surface area contributed by atoms with Gasteiger partial charge in [-0.2, -0.15) is 0 Å². The number of aromatic nitrogens is 1. The van der Waals surface area contributed by atoms with Gasteiger partial charge in [0.1, 0.15) is 5.75 Å². The van der Waals surface area contributed by atoms with Gasteiger partial charge in [-0.05, 0) is 54.3 Å². The number of aromatic amines is 1. The summed E-state index contributed by atoms with van der Waals surface area (Å²) in [5, 5.41) is 4.29. The first-order valence-corrected chi connectivity index (χ1v) is 9.72. The Bertz CT molecular complexity index is 1040. The van der Waals surface area contributed by atoms with Crippen molar-refractivity contribution in [1.82, 2.24) is 10.3 Å². The molecule has 3 aromatic rings. The van der Waals surface area contributed by atoms with Crippen LogP contribution in [0.3, 0.4) is 0 Å². The average Bonchev–Trinajstić information content (AvgIpc) is 3.42. The number of hydrogen-bond donors (Lipinski definition) is 2. The molecule has 1 aliphatic rings. The van der Waals surface area contributed by atoms with E-state index in [4.69, 9.17) is 14.2 Å². The third-order valence-electron chi connectivity index (χ3n) is 5.75. The number of amides is 1. The van der Waals surface area contributed by atoms with E-state index in [9.17, 15) is 4.79 Å². The zero-order valence-electron chi connectivity index (χ0n) is 17.0. The lowest BCUT2D eigenvalue weighted by Gasteiger charge is -2.16. The van der Waals surface area contributed by atoms with Crippen LogP contribution < -0.4 is 19.5 Å². The second kappa shape index (κ2) is 7.70. The summed E-state index contributed by atoms with van der Waals surface area (Å²) < 4.78 is 16.0. The SMILES string of the molecule is COc1ccc2[nH]cc(C3(CNC(=O)Cc4ccc(OC)c(OC)c4)CC3)c2c1. The van der Waals surface area contributed by atoms with Gasteiger partial charge in [-0.3, -0.25) is 4.79 Å². The van der Waals surface area contributed by atoms with Gasteiger partial charge < -0.3 is 24.5 Å². The summed E-state index contributed by atoms with van der Waals surface area (Å²) in [5.41, 5.74) is 3.22. The number of nitrogens with one attached hydrogen (secondary N) is 2. The number of fused-ring (bicyclic) bond motifs is 1. The normalized spacial score (nSPS) is 14.4. The van der Waals surface area contributed by atoms with Gasteiger partial charge in [0.15, 0.2) is 11.5 Å². The van der Waals surface area contributed by atoms with Crippen LogP contribution in [-0.2, 0) is 16.6 Å². The molecule has 4 rings (SSSR count). The van der Waals surface area contributed by atoms with Crippen molar-refractivity contribution in [3.05, 3.63) is 53.7 Å². The number of ether oxygens (including phenoxy) is 3. The summed E-state index contributed by atoms with van der Waals surface area (Å²) in [6.07, 6.45) is 4.50. The number of methoxy groups -OCH3 is 3. The second-order valence-electron chi connectivity index (χ2n) is 7.54. The predicted molar refractivity (Wildman–Crippen MR) is 112 cm³/mol. The van der Waals surface area contributed by atoms with Crippen LogP contribution in [0.4, 0.5) is 0 Å². The molecule has 0 atom stereocenters. The van der Waals surface area contributed by atoms with Crippen LogP contribution in [-0.4, -0.2) is 38.8 Å². The van der Waals surface area contributed by atoms with Crippen molar-refractivity contribution in [3.8, 4) is 17.2 Å². The van der Waals surface area contributed by atoms with Gasteiger partial charge in [-0.15, -0.1) is 0 Å². The fourth-order valence-electron chi connectivity index (χ4n) is 3.86. The molecule has 0 aliphatic heterocycles. The number of carbonyl (C=O) groups excluding carboxylic acids is 1. The molecular weight excluding hydrogens is 368 g/mol. The molecule has 1 saturated carbocycles. The van der Waals surface area contributed by atoms with E-state index < -0.39 is 0 Å². The second-order valence-corrected chi connectivity index (χ2v) is 7.54. The van der Waals surface area contributed by atoms with E-state index in [1.165, 1.54) is 5.56 Å². The molecule has 0 radical (unpaired) electrons. The van der Waals surface area contributed by atoms with Crippen LogP contribution in [0.1, 0.15) is 24.0 Å². The molecule has 0 saturated heterocycles. The smallest absolute Gasteiger partial charge is 0.224 e. The van der Waals surface area contributed by atoms with Crippen LogP contribution >= 0.6 is 0 Å². The molecule has 152 valence electrons. The molecule has 0 bridgehead atoms. The standard InChI is InChI=1S/C23H26N2O4/c1-27-16-5-6-19-17(12-16)18(13-24-19)23(8-9-23)14-25-22(26)11-15-4-7-20(28-2)21(10-15)29-3/h4-7,10,12-13,24H,8-9,11,14H2,1-3H3,(H,25,26). The molecule has 1 aliphatic carbocycles. The predicted octanol–water partition coefficient (Wildman–Crippen LogP) is 3.58. The van der Waals surface area contributed by atoms with E-state index >= 15 is 0 Å². The van der Waals surface area contributed by atoms with Gasteiger partial charge in [-0.25, -0.2) is 0 Å². The number of carbonyl (C=O) groups is 1. The highest BCUT2D eigenvalue weighted by Crippen LogP contribution is 2.50. The number of H-pyrrole nitrogens is 1. The third kappa shape index (κ3) is 3.75. The monoisotopic (exact) mass is 394 g/mol. The topological polar surface area (TPSA) is 72.6 Å². The van der Waals surface area contributed by atoms with Crippen molar-refractivity contribution in [2.24, 2.45) is 0 Å². The van der Waals surface area contributed by atoms with Gasteiger partial charge >= 0.3 is 0 Å². The Hall–Kier alpha value is -3.15. The number of hydrogen-bond acceptors (Lipinski definition) is 4. The molecule has 2 N–H and O–H groups in total. The van der Waals surface area contributed by atoms with E-state index in [0.717, 1.165) is 35.1 Å². The molecule has 1 aromatic heterocycles. The fourth-order valence-corrected chi connectivity index (χ4v) is 3.86. The summed E-state index contributed by atoms with van der Waals surface area (Å²) >= 11 is 0. The minimum atomic E-state index is -0.00211. The molecular formula is C23H26N2O4. The van der Waals surface area contributed by atoms with E-state index in [-0.39, 0.29) is 11.3 Å². The molecule has 1 fully saturated rings. The van der Waals surface area contributed by atoms with E-state index in [1.807, 2.05) is 30.3 Å².